The van der Waals surface area contributed by atoms with Crippen molar-refractivity contribution in [1.82, 2.24) is 9.55 Å². The minimum atomic E-state index is -0.229. The normalized spacial score (nSPS) is 10.0. The Morgan fingerprint density at radius 2 is 1.68 bits per heavy atom. The highest BCUT2D eigenvalue weighted by atomic mass is 16.2. The maximum absolute atomic E-state index is 11.9. The minimum absolute atomic E-state index is 0.133. The molecular formula is C13H14N4O2. The topological polar surface area (TPSA) is 76.0 Å². The second kappa shape index (κ2) is 5.34. The van der Waals surface area contributed by atoms with E-state index in [1.807, 2.05) is 0 Å². The Balaban J connectivity index is 2.06. The minimum Gasteiger partial charge on any atom is -0.330 e. The SMILES string of the molecule is CC(=O)Nc1ccc(NC(=O)c2cncn2C)cc1. The number of amides is 2. The van der Waals surface area contributed by atoms with Gasteiger partial charge >= 0.3 is 0 Å². The van der Waals surface area contributed by atoms with Crippen LogP contribution in [-0.4, -0.2) is 21.4 Å². The third-order valence-corrected chi connectivity index (χ3v) is 2.51. The molecule has 0 atom stereocenters. The third-order valence-electron chi connectivity index (χ3n) is 2.51. The van der Waals surface area contributed by atoms with E-state index < -0.39 is 0 Å². The average molecular weight is 258 g/mol. The fourth-order valence-corrected chi connectivity index (χ4v) is 1.61. The van der Waals surface area contributed by atoms with Crippen LogP contribution in [0.1, 0.15) is 17.4 Å². The zero-order chi connectivity index (χ0) is 13.8. The van der Waals surface area contributed by atoms with Crippen molar-refractivity contribution < 1.29 is 9.59 Å². The molecule has 0 unspecified atom stereocenters. The smallest absolute Gasteiger partial charge is 0.273 e. The van der Waals surface area contributed by atoms with Crippen LogP contribution in [0.15, 0.2) is 36.8 Å². The van der Waals surface area contributed by atoms with E-state index in [9.17, 15) is 9.59 Å². The molecule has 0 bridgehead atoms. The van der Waals surface area contributed by atoms with Gasteiger partial charge in [-0.15, -0.1) is 0 Å². The van der Waals surface area contributed by atoms with Crippen molar-refractivity contribution in [3.8, 4) is 0 Å². The van der Waals surface area contributed by atoms with Gasteiger partial charge in [0.1, 0.15) is 5.69 Å². The molecule has 1 heterocycles. The van der Waals surface area contributed by atoms with Gasteiger partial charge in [-0.2, -0.15) is 0 Å². The number of aromatic nitrogens is 2. The first kappa shape index (κ1) is 12.8. The number of hydrogen-bond acceptors (Lipinski definition) is 3. The summed E-state index contributed by atoms with van der Waals surface area (Å²) < 4.78 is 1.64. The maximum Gasteiger partial charge on any atom is 0.273 e. The van der Waals surface area contributed by atoms with E-state index >= 15 is 0 Å². The summed E-state index contributed by atoms with van der Waals surface area (Å²) in [6.45, 7) is 1.44. The lowest BCUT2D eigenvalue weighted by atomic mass is 10.2. The van der Waals surface area contributed by atoms with Crippen molar-refractivity contribution in [2.75, 3.05) is 10.6 Å². The van der Waals surface area contributed by atoms with Gasteiger partial charge in [-0.1, -0.05) is 0 Å². The van der Waals surface area contributed by atoms with E-state index in [0.29, 0.717) is 17.1 Å². The van der Waals surface area contributed by atoms with Gasteiger partial charge < -0.3 is 15.2 Å². The molecule has 0 aliphatic heterocycles. The molecule has 2 aromatic rings. The summed E-state index contributed by atoms with van der Waals surface area (Å²) in [5.41, 5.74) is 1.82. The molecule has 6 nitrogen and oxygen atoms in total. The first-order chi connectivity index (χ1) is 9.06. The fourth-order valence-electron chi connectivity index (χ4n) is 1.61. The van der Waals surface area contributed by atoms with E-state index in [4.69, 9.17) is 0 Å². The summed E-state index contributed by atoms with van der Waals surface area (Å²) in [5.74, 6) is -0.362. The molecule has 0 radical (unpaired) electrons. The van der Waals surface area contributed by atoms with E-state index in [1.54, 1.807) is 42.2 Å². The molecule has 1 aromatic carbocycles. The highest BCUT2D eigenvalue weighted by Gasteiger charge is 2.09. The van der Waals surface area contributed by atoms with Crippen molar-refractivity contribution in [3.63, 3.8) is 0 Å². The monoisotopic (exact) mass is 258 g/mol. The average Bonchev–Trinajstić information content (AvgIpc) is 2.77. The Morgan fingerprint density at radius 1 is 1.11 bits per heavy atom. The first-order valence-corrected chi connectivity index (χ1v) is 5.71. The number of nitrogens with zero attached hydrogens (tertiary/aromatic N) is 2. The van der Waals surface area contributed by atoms with E-state index in [2.05, 4.69) is 15.6 Å². The van der Waals surface area contributed by atoms with Crippen molar-refractivity contribution >= 4 is 23.2 Å². The van der Waals surface area contributed by atoms with Crippen LogP contribution >= 0.6 is 0 Å². The summed E-state index contributed by atoms with van der Waals surface area (Å²) in [6.07, 6.45) is 3.07. The highest BCUT2D eigenvalue weighted by Crippen LogP contribution is 2.14. The number of anilines is 2. The van der Waals surface area contributed by atoms with Gasteiger partial charge in [-0.25, -0.2) is 4.98 Å². The first-order valence-electron chi connectivity index (χ1n) is 5.71. The number of nitrogens with one attached hydrogen (secondary N) is 2. The Labute approximate surface area is 110 Å². The van der Waals surface area contributed by atoms with Crippen molar-refractivity contribution in [3.05, 3.63) is 42.5 Å². The summed E-state index contributed by atoms with van der Waals surface area (Å²) in [4.78, 5) is 26.7. The number of imidazole rings is 1. The van der Waals surface area contributed by atoms with E-state index in [1.165, 1.54) is 13.1 Å². The van der Waals surface area contributed by atoms with Gasteiger partial charge in [-0.3, -0.25) is 9.59 Å². The van der Waals surface area contributed by atoms with Crippen molar-refractivity contribution in [2.45, 2.75) is 6.92 Å². The van der Waals surface area contributed by atoms with Gasteiger partial charge in [0.25, 0.3) is 5.91 Å². The zero-order valence-electron chi connectivity index (χ0n) is 10.7. The molecular weight excluding hydrogens is 244 g/mol. The molecule has 0 saturated carbocycles. The molecule has 2 amide bonds. The van der Waals surface area contributed by atoms with Gasteiger partial charge in [-0.05, 0) is 24.3 Å². The highest BCUT2D eigenvalue weighted by molar-refractivity contribution is 6.03. The number of rotatable bonds is 3. The lowest BCUT2D eigenvalue weighted by molar-refractivity contribution is -0.114. The lowest BCUT2D eigenvalue weighted by Gasteiger charge is -2.07. The lowest BCUT2D eigenvalue weighted by Crippen LogP contribution is -2.15. The van der Waals surface area contributed by atoms with Gasteiger partial charge in [0.2, 0.25) is 5.91 Å². The number of benzene rings is 1. The zero-order valence-corrected chi connectivity index (χ0v) is 10.7. The number of hydrogen-bond donors (Lipinski definition) is 2. The number of carbonyl (C=O) groups is 2. The van der Waals surface area contributed by atoms with Crippen LogP contribution in [0.25, 0.3) is 0 Å². The Kier molecular flexibility index (Phi) is 3.61. The quantitative estimate of drug-likeness (QED) is 0.878. The van der Waals surface area contributed by atoms with Crippen LogP contribution in [0.4, 0.5) is 11.4 Å². The second-order valence-electron chi connectivity index (χ2n) is 4.10. The fraction of sp³-hybridized carbons (Fsp3) is 0.154. The summed E-state index contributed by atoms with van der Waals surface area (Å²) in [6, 6.07) is 6.89. The van der Waals surface area contributed by atoms with Crippen LogP contribution in [0, 0.1) is 0 Å². The Morgan fingerprint density at radius 3 is 2.16 bits per heavy atom. The molecule has 0 saturated heterocycles. The van der Waals surface area contributed by atoms with Gasteiger partial charge in [0, 0.05) is 25.3 Å². The van der Waals surface area contributed by atoms with Crippen LogP contribution in [0.2, 0.25) is 0 Å². The number of carbonyl (C=O) groups excluding carboxylic acids is 2. The molecule has 0 aliphatic rings. The summed E-state index contributed by atoms with van der Waals surface area (Å²) >= 11 is 0. The third kappa shape index (κ3) is 3.19. The molecule has 0 spiro atoms. The largest absolute Gasteiger partial charge is 0.330 e. The van der Waals surface area contributed by atoms with Gasteiger partial charge in [0.05, 0.1) is 12.5 Å². The predicted octanol–water partition coefficient (Wildman–Crippen LogP) is 1.63. The van der Waals surface area contributed by atoms with Crippen molar-refractivity contribution in [2.24, 2.45) is 7.05 Å². The van der Waals surface area contributed by atoms with Crippen molar-refractivity contribution in [1.29, 1.82) is 0 Å². The second-order valence-corrected chi connectivity index (χ2v) is 4.10. The maximum atomic E-state index is 11.9. The van der Waals surface area contributed by atoms with E-state index in [0.717, 1.165) is 0 Å². The number of aryl methyl sites for hydroxylation is 1. The molecule has 6 heteroatoms. The summed E-state index contributed by atoms with van der Waals surface area (Å²) in [7, 11) is 1.75. The Bertz CT molecular complexity index is 601. The van der Waals surface area contributed by atoms with Gasteiger partial charge in [0.15, 0.2) is 0 Å². The molecule has 98 valence electrons. The van der Waals surface area contributed by atoms with E-state index in [-0.39, 0.29) is 11.8 Å². The molecule has 0 fully saturated rings. The van der Waals surface area contributed by atoms with Crippen LogP contribution in [0.3, 0.4) is 0 Å². The van der Waals surface area contributed by atoms with Crippen LogP contribution < -0.4 is 10.6 Å². The standard InChI is InChI=1S/C13H14N4O2/c1-9(18)15-10-3-5-11(6-4-10)16-13(19)12-7-14-8-17(12)2/h3-8H,1-2H3,(H,15,18)(H,16,19). The molecule has 2 rings (SSSR count). The Hall–Kier alpha value is -2.63. The van der Waals surface area contributed by atoms with Crippen LogP contribution in [-0.2, 0) is 11.8 Å². The van der Waals surface area contributed by atoms with Crippen LogP contribution in [0.5, 0.6) is 0 Å². The predicted molar refractivity (Wildman–Crippen MR) is 71.9 cm³/mol. The summed E-state index contributed by atoms with van der Waals surface area (Å²) in [5, 5.41) is 5.41. The molecule has 2 N–H and O–H groups in total. The molecule has 0 aliphatic carbocycles. The molecule has 1 aromatic heterocycles. The molecule has 19 heavy (non-hydrogen) atoms.